The van der Waals surface area contributed by atoms with E-state index in [0.717, 1.165) is 0 Å². The molecule has 0 bridgehead atoms. The molecule has 0 saturated heterocycles. The highest BCUT2D eigenvalue weighted by molar-refractivity contribution is 6.36. The van der Waals surface area contributed by atoms with E-state index in [2.05, 4.69) is 0 Å². The lowest BCUT2D eigenvalue weighted by Crippen LogP contribution is -2.14. The lowest BCUT2D eigenvalue weighted by molar-refractivity contribution is 0.103. The molecule has 0 fully saturated rings. The van der Waals surface area contributed by atoms with E-state index in [9.17, 15) is 9.18 Å². The number of halogens is 3. The summed E-state index contributed by atoms with van der Waals surface area (Å²) in [7, 11) is 0. The van der Waals surface area contributed by atoms with Crippen LogP contribution < -0.4 is 11.5 Å². The normalized spacial score (nSPS) is 12.2. The number of rotatable bonds is 4. The van der Waals surface area contributed by atoms with Gasteiger partial charge in [-0.2, -0.15) is 0 Å². The Morgan fingerprint density at radius 3 is 2.50 bits per heavy atom. The van der Waals surface area contributed by atoms with Crippen molar-refractivity contribution in [1.82, 2.24) is 0 Å². The van der Waals surface area contributed by atoms with Crippen LogP contribution in [0.5, 0.6) is 0 Å². The molecule has 0 radical (unpaired) electrons. The summed E-state index contributed by atoms with van der Waals surface area (Å²) in [5.74, 6) is -1.26. The Bertz CT molecular complexity index is 734. The Labute approximate surface area is 138 Å². The predicted molar refractivity (Wildman–Crippen MR) is 87.9 cm³/mol. The van der Waals surface area contributed by atoms with E-state index in [0.29, 0.717) is 12.1 Å². The van der Waals surface area contributed by atoms with Gasteiger partial charge >= 0.3 is 0 Å². The summed E-state index contributed by atoms with van der Waals surface area (Å²) >= 11 is 11.9. The van der Waals surface area contributed by atoms with Crippen LogP contribution in [0, 0.1) is 5.82 Å². The monoisotopic (exact) mass is 340 g/mol. The standard InChI is InChI=1S/C16H15Cl2FN2O/c1-2-12(20)9-4-5-10(17)14(15(9)19)16(22)8-3-6-13(21)11(18)7-8/h3-7,12H,2,20-21H2,1H3/t12-/m1/s1. The van der Waals surface area contributed by atoms with Crippen LogP contribution in [0.4, 0.5) is 10.1 Å². The van der Waals surface area contributed by atoms with Gasteiger partial charge in [-0.15, -0.1) is 0 Å². The minimum absolute atomic E-state index is 0.0301. The average Bonchev–Trinajstić information content (AvgIpc) is 2.49. The lowest BCUT2D eigenvalue weighted by atomic mass is 9.96. The van der Waals surface area contributed by atoms with Crippen LogP contribution in [0.25, 0.3) is 0 Å². The quantitative estimate of drug-likeness (QED) is 0.641. The Morgan fingerprint density at radius 2 is 1.91 bits per heavy atom. The topological polar surface area (TPSA) is 69.1 Å². The van der Waals surface area contributed by atoms with Crippen LogP contribution >= 0.6 is 23.2 Å². The molecule has 2 rings (SSSR count). The SMILES string of the molecule is CC[C@@H](N)c1ccc(Cl)c(C(=O)c2ccc(N)c(Cl)c2)c1F. The van der Waals surface area contributed by atoms with Crippen molar-refractivity contribution in [2.24, 2.45) is 5.73 Å². The van der Waals surface area contributed by atoms with Gasteiger partial charge < -0.3 is 11.5 Å². The molecule has 6 heteroatoms. The first kappa shape index (κ1) is 16.7. The average molecular weight is 341 g/mol. The maximum atomic E-state index is 14.6. The number of ketones is 1. The Hall–Kier alpha value is -1.62. The zero-order valence-electron chi connectivity index (χ0n) is 11.9. The summed E-state index contributed by atoms with van der Waals surface area (Å²) in [5.41, 5.74) is 12.1. The highest BCUT2D eigenvalue weighted by Gasteiger charge is 2.23. The van der Waals surface area contributed by atoms with Crippen LogP contribution in [0.1, 0.15) is 40.9 Å². The molecule has 0 aliphatic rings. The van der Waals surface area contributed by atoms with E-state index in [1.54, 1.807) is 0 Å². The molecule has 0 unspecified atom stereocenters. The molecule has 0 aliphatic heterocycles. The van der Waals surface area contributed by atoms with E-state index < -0.39 is 17.6 Å². The van der Waals surface area contributed by atoms with Gasteiger partial charge in [0.05, 0.1) is 21.3 Å². The lowest BCUT2D eigenvalue weighted by Gasteiger charge is -2.14. The zero-order chi connectivity index (χ0) is 16.4. The van der Waals surface area contributed by atoms with Crippen LogP contribution in [0.3, 0.4) is 0 Å². The molecule has 2 aromatic carbocycles. The van der Waals surface area contributed by atoms with Gasteiger partial charge in [-0.05, 0) is 30.7 Å². The molecular weight excluding hydrogens is 326 g/mol. The molecule has 0 amide bonds. The molecule has 3 nitrogen and oxygen atoms in total. The van der Waals surface area contributed by atoms with Crippen LogP contribution in [-0.4, -0.2) is 5.78 Å². The number of carbonyl (C=O) groups is 1. The van der Waals surface area contributed by atoms with Crippen molar-refractivity contribution >= 4 is 34.7 Å². The van der Waals surface area contributed by atoms with Crippen LogP contribution in [0.2, 0.25) is 10.0 Å². The summed E-state index contributed by atoms with van der Waals surface area (Å²) in [5, 5.41) is 0.256. The van der Waals surface area contributed by atoms with E-state index in [1.807, 2.05) is 6.92 Å². The molecule has 4 N–H and O–H groups in total. The number of carbonyl (C=O) groups excluding carboxylic acids is 1. The highest BCUT2D eigenvalue weighted by Crippen LogP contribution is 2.30. The second kappa shape index (κ2) is 6.65. The molecular formula is C16H15Cl2FN2O. The van der Waals surface area contributed by atoms with Crippen molar-refractivity contribution in [1.29, 1.82) is 0 Å². The molecule has 0 spiro atoms. The first-order chi connectivity index (χ1) is 10.4. The van der Waals surface area contributed by atoms with Crippen molar-refractivity contribution in [3.05, 3.63) is 62.9 Å². The molecule has 1 atom stereocenters. The first-order valence-corrected chi connectivity index (χ1v) is 7.45. The van der Waals surface area contributed by atoms with Crippen molar-refractivity contribution in [2.75, 3.05) is 5.73 Å². The summed E-state index contributed by atoms with van der Waals surface area (Å²) in [6.45, 7) is 1.83. The third kappa shape index (κ3) is 3.09. The molecule has 116 valence electrons. The minimum atomic E-state index is -0.695. The smallest absolute Gasteiger partial charge is 0.197 e. The Kier molecular flexibility index (Phi) is 5.06. The summed E-state index contributed by atoms with van der Waals surface area (Å²) in [6, 6.07) is 6.83. The highest BCUT2D eigenvalue weighted by atomic mass is 35.5. The van der Waals surface area contributed by atoms with E-state index in [-0.39, 0.29) is 26.7 Å². The number of hydrogen-bond donors (Lipinski definition) is 2. The first-order valence-electron chi connectivity index (χ1n) is 6.70. The molecule has 0 aromatic heterocycles. The van der Waals surface area contributed by atoms with Gasteiger partial charge in [-0.1, -0.05) is 36.2 Å². The fourth-order valence-corrected chi connectivity index (χ4v) is 2.51. The van der Waals surface area contributed by atoms with Gasteiger partial charge in [0.25, 0.3) is 0 Å². The fourth-order valence-electron chi connectivity index (χ4n) is 2.10. The van der Waals surface area contributed by atoms with Gasteiger partial charge in [-0.3, -0.25) is 4.79 Å². The van der Waals surface area contributed by atoms with Gasteiger partial charge in [0, 0.05) is 17.2 Å². The maximum Gasteiger partial charge on any atom is 0.197 e. The second-order valence-corrected chi connectivity index (χ2v) is 5.72. The molecule has 0 aliphatic carbocycles. The molecule has 22 heavy (non-hydrogen) atoms. The summed E-state index contributed by atoms with van der Waals surface area (Å²) in [4.78, 5) is 12.5. The van der Waals surface area contributed by atoms with Crippen molar-refractivity contribution < 1.29 is 9.18 Å². The fraction of sp³-hybridized carbons (Fsp3) is 0.188. The minimum Gasteiger partial charge on any atom is -0.398 e. The van der Waals surface area contributed by atoms with Crippen LogP contribution in [0.15, 0.2) is 30.3 Å². The number of anilines is 1. The Balaban J connectivity index is 2.55. The molecule has 0 saturated carbocycles. The van der Waals surface area contributed by atoms with Gasteiger partial charge in [-0.25, -0.2) is 4.39 Å². The number of nitrogens with two attached hydrogens (primary N) is 2. The van der Waals surface area contributed by atoms with Crippen LogP contribution in [-0.2, 0) is 0 Å². The third-order valence-electron chi connectivity index (χ3n) is 3.45. The third-order valence-corrected chi connectivity index (χ3v) is 4.09. The van der Waals surface area contributed by atoms with Crippen molar-refractivity contribution in [2.45, 2.75) is 19.4 Å². The van der Waals surface area contributed by atoms with Gasteiger partial charge in [0.15, 0.2) is 5.78 Å². The van der Waals surface area contributed by atoms with Gasteiger partial charge in [0.1, 0.15) is 5.82 Å². The number of nitrogen functional groups attached to an aromatic ring is 1. The Morgan fingerprint density at radius 1 is 1.23 bits per heavy atom. The van der Waals surface area contributed by atoms with Crippen molar-refractivity contribution in [3.63, 3.8) is 0 Å². The second-order valence-electron chi connectivity index (χ2n) is 4.91. The van der Waals surface area contributed by atoms with E-state index >= 15 is 0 Å². The van der Waals surface area contributed by atoms with Gasteiger partial charge in [0.2, 0.25) is 0 Å². The predicted octanol–water partition coefficient (Wildman–Crippen LogP) is 4.36. The molecule has 2 aromatic rings. The largest absolute Gasteiger partial charge is 0.398 e. The molecule has 0 heterocycles. The summed E-state index contributed by atoms with van der Waals surface area (Å²) < 4.78 is 14.6. The summed E-state index contributed by atoms with van der Waals surface area (Å²) in [6.07, 6.45) is 0.542. The van der Waals surface area contributed by atoms with Crippen molar-refractivity contribution in [3.8, 4) is 0 Å². The zero-order valence-corrected chi connectivity index (χ0v) is 13.4. The van der Waals surface area contributed by atoms with E-state index in [1.165, 1.54) is 30.3 Å². The maximum absolute atomic E-state index is 14.6. The number of hydrogen-bond acceptors (Lipinski definition) is 3. The number of benzene rings is 2. The van der Waals surface area contributed by atoms with E-state index in [4.69, 9.17) is 34.7 Å².